The number of nitrogens with zero attached hydrogens (tertiary/aromatic N) is 1. The van der Waals surface area contributed by atoms with Crippen LogP contribution in [0.1, 0.15) is 24.1 Å². The first-order valence-electron chi connectivity index (χ1n) is 6.76. The highest BCUT2D eigenvalue weighted by Crippen LogP contribution is 2.41. The number of hydrogen-bond donors (Lipinski definition) is 0. The molecule has 106 valence electrons. The van der Waals surface area contributed by atoms with Crippen LogP contribution in [0.15, 0.2) is 24.3 Å². The largest absolute Gasteiger partial charge is 0.469 e. The maximum atomic E-state index is 12.1. The third-order valence-electron chi connectivity index (χ3n) is 4.17. The SMILES string of the molecule is COC(=O)[C@H]1C2c3ccccc3CCN2C(=O)O[C@@H]1C. The van der Waals surface area contributed by atoms with Crippen LogP contribution in [0.2, 0.25) is 0 Å². The quantitative estimate of drug-likeness (QED) is 0.735. The second-order valence-corrected chi connectivity index (χ2v) is 5.22. The Bertz CT molecular complexity index is 557. The molecule has 0 radical (unpaired) electrons. The van der Waals surface area contributed by atoms with Crippen molar-refractivity contribution in [3.8, 4) is 0 Å². The molecule has 2 heterocycles. The van der Waals surface area contributed by atoms with Crippen LogP contribution in [0.3, 0.4) is 0 Å². The first-order valence-corrected chi connectivity index (χ1v) is 6.76. The lowest BCUT2D eigenvalue weighted by Gasteiger charge is -2.45. The number of rotatable bonds is 1. The number of ether oxygens (including phenoxy) is 2. The third kappa shape index (κ3) is 1.85. The highest BCUT2D eigenvalue weighted by Gasteiger charge is 2.48. The molecule has 1 unspecified atom stereocenters. The van der Waals surface area contributed by atoms with Gasteiger partial charge in [-0.15, -0.1) is 0 Å². The molecule has 20 heavy (non-hydrogen) atoms. The van der Waals surface area contributed by atoms with Gasteiger partial charge in [-0.25, -0.2) is 4.79 Å². The van der Waals surface area contributed by atoms with E-state index in [2.05, 4.69) is 0 Å². The molecular formula is C15H17NO4. The summed E-state index contributed by atoms with van der Waals surface area (Å²) in [4.78, 5) is 25.8. The smallest absolute Gasteiger partial charge is 0.410 e. The fraction of sp³-hybridized carbons (Fsp3) is 0.467. The Morgan fingerprint density at radius 3 is 2.90 bits per heavy atom. The molecular weight excluding hydrogens is 258 g/mol. The Hall–Kier alpha value is -2.04. The predicted molar refractivity (Wildman–Crippen MR) is 71.0 cm³/mol. The van der Waals surface area contributed by atoms with Crippen molar-refractivity contribution in [2.24, 2.45) is 5.92 Å². The van der Waals surface area contributed by atoms with Gasteiger partial charge in [-0.3, -0.25) is 9.69 Å². The van der Waals surface area contributed by atoms with Crippen LogP contribution in [0.4, 0.5) is 4.79 Å². The predicted octanol–water partition coefficient (Wildman–Crippen LogP) is 1.91. The number of benzene rings is 1. The second kappa shape index (κ2) is 4.81. The molecule has 2 aliphatic rings. The minimum absolute atomic E-state index is 0.288. The summed E-state index contributed by atoms with van der Waals surface area (Å²) in [7, 11) is 1.37. The summed E-state index contributed by atoms with van der Waals surface area (Å²) in [6.07, 6.45) is -0.0520. The van der Waals surface area contributed by atoms with Gasteiger partial charge >= 0.3 is 12.1 Å². The van der Waals surface area contributed by atoms with E-state index in [1.807, 2.05) is 24.3 Å². The van der Waals surface area contributed by atoms with E-state index in [9.17, 15) is 9.59 Å². The Morgan fingerprint density at radius 1 is 1.40 bits per heavy atom. The van der Waals surface area contributed by atoms with Crippen LogP contribution < -0.4 is 0 Å². The lowest BCUT2D eigenvalue weighted by atomic mass is 9.81. The average molecular weight is 275 g/mol. The molecule has 0 bridgehead atoms. The topological polar surface area (TPSA) is 55.8 Å². The van der Waals surface area contributed by atoms with Crippen molar-refractivity contribution < 1.29 is 19.1 Å². The maximum Gasteiger partial charge on any atom is 0.410 e. The van der Waals surface area contributed by atoms with Crippen molar-refractivity contribution in [1.82, 2.24) is 4.90 Å². The molecule has 1 amide bonds. The summed E-state index contributed by atoms with van der Waals surface area (Å²) in [6.45, 7) is 2.31. The fourth-order valence-corrected chi connectivity index (χ4v) is 3.20. The summed E-state index contributed by atoms with van der Waals surface area (Å²) in [6, 6.07) is 7.65. The number of fused-ring (bicyclic) bond motifs is 3. The van der Waals surface area contributed by atoms with Crippen molar-refractivity contribution in [2.45, 2.75) is 25.5 Å². The minimum Gasteiger partial charge on any atom is -0.469 e. The maximum absolute atomic E-state index is 12.1. The summed E-state index contributed by atoms with van der Waals surface area (Å²) in [5, 5.41) is 0. The molecule has 0 N–H and O–H groups in total. The zero-order valence-electron chi connectivity index (χ0n) is 11.5. The van der Waals surface area contributed by atoms with E-state index < -0.39 is 12.0 Å². The van der Waals surface area contributed by atoms with Crippen LogP contribution in [0.5, 0.6) is 0 Å². The number of carbonyl (C=O) groups excluding carboxylic acids is 2. The van der Waals surface area contributed by atoms with Gasteiger partial charge in [0.25, 0.3) is 0 Å². The van der Waals surface area contributed by atoms with E-state index in [0.717, 1.165) is 12.0 Å². The van der Waals surface area contributed by atoms with Gasteiger partial charge in [0.1, 0.15) is 12.0 Å². The Labute approximate surface area is 117 Å². The summed E-state index contributed by atoms with van der Waals surface area (Å²) in [5.74, 6) is -0.823. The van der Waals surface area contributed by atoms with Crippen molar-refractivity contribution in [2.75, 3.05) is 13.7 Å². The summed E-state index contributed by atoms with van der Waals surface area (Å²) >= 11 is 0. The number of hydrogen-bond acceptors (Lipinski definition) is 4. The normalized spacial score (nSPS) is 28.2. The molecule has 0 spiro atoms. The zero-order chi connectivity index (χ0) is 14.3. The summed E-state index contributed by atoms with van der Waals surface area (Å²) in [5.41, 5.74) is 2.21. The van der Waals surface area contributed by atoms with Gasteiger partial charge < -0.3 is 9.47 Å². The monoisotopic (exact) mass is 275 g/mol. The van der Waals surface area contributed by atoms with Crippen molar-refractivity contribution in [3.63, 3.8) is 0 Å². The van der Waals surface area contributed by atoms with Gasteiger partial charge in [0, 0.05) is 6.54 Å². The van der Waals surface area contributed by atoms with Gasteiger partial charge in [-0.05, 0) is 24.5 Å². The Morgan fingerprint density at radius 2 is 2.15 bits per heavy atom. The van der Waals surface area contributed by atoms with Gasteiger partial charge in [0.05, 0.1) is 13.2 Å². The molecule has 2 aliphatic heterocycles. The van der Waals surface area contributed by atoms with E-state index in [0.29, 0.717) is 6.54 Å². The highest BCUT2D eigenvalue weighted by atomic mass is 16.6. The van der Waals surface area contributed by atoms with Crippen LogP contribution in [0, 0.1) is 5.92 Å². The van der Waals surface area contributed by atoms with E-state index in [1.54, 1.807) is 11.8 Å². The Kier molecular flexibility index (Phi) is 3.12. The fourth-order valence-electron chi connectivity index (χ4n) is 3.20. The molecule has 1 saturated heterocycles. The molecule has 3 atom stereocenters. The lowest BCUT2D eigenvalue weighted by molar-refractivity contribution is -0.157. The van der Waals surface area contributed by atoms with Crippen LogP contribution in [-0.4, -0.2) is 36.7 Å². The van der Waals surface area contributed by atoms with Gasteiger partial charge in [-0.1, -0.05) is 24.3 Å². The van der Waals surface area contributed by atoms with Crippen molar-refractivity contribution in [1.29, 1.82) is 0 Å². The average Bonchev–Trinajstić information content (AvgIpc) is 2.46. The molecule has 0 aromatic heterocycles. The first kappa shape index (κ1) is 13.0. The number of carbonyl (C=O) groups is 2. The second-order valence-electron chi connectivity index (χ2n) is 5.22. The number of amides is 1. The lowest BCUT2D eigenvalue weighted by Crippen LogP contribution is -2.54. The first-order chi connectivity index (χ1) is 9.63. The minimum atomic E-state index is -0.487. The zero-order valence-corrected chi connectivity index (χ0v) is 11.5. The van der Waals surface area contributed by atoms with Gasteiger partial charge in [-0.2, -0.15) is 0 Å². The summed E-state index contributed by atoms with van der Waals surface area (Å²) < 4.78 is 10.2. The molecule has 1 aromatic carbocycles. The standard InChI is InChI=1S/C15H17NO4/c1-9-12(14(17)19-2)13-11-6-4-3-5-10(11)7-8-16(13)15(18)20-9/h3-6,9,12-13H,7-8H2,1-2H3/t9-,12-,13?/m1/s1. The Balaban J connectivity index is 2.09. The molecule has 1 fully saturated rings. The van der Waals surface area contributed by atoms with Crippen molar-refractivity contribution in [3.05, 3.63) is 35.4 Å². The van der Waals surface area contributed by atoms with E-state index >= 15 is 0 Å². The number of esters is 1. The van der Waals surface area contributed by atoms with E-state index in [-0.39, 0.29) is 18.1 Å². The van der Waals surface area contributed by atoms with Gasteiger partial charge in [0.2, 0.25) is 0 Å². The molecule has 0 saturated carbocycles. The van der Waals surface area contributed by atoms with E-state index in [1.165, 1.54) is 12.7 Å². The molecule has 5 nitrogen and oxygen atoms in total. The highest BCUT2D eigenvalue weighted by molar-refractivity contribution is 5.79. The molecule has 0 aliphatic carbocycles. The number of methoxy groups -OCH3 is 1. The molecule has 1 aromatic rings. The van der Waals surface area contributed by atoms with Crippen LogP contribution in [-0.2, 0) is 20.7 Å². The molecule has 5 heteroatoms. The van der Waals surface area contributed by atoms with E-state index in [4.69, 9.17) is 9.47 Å². The van der Waals surface area contributed by atoms with Crippen LogP contribution in [0.25, 0.3) is 0 Å². The van der Waals surface area contributed by atoms with Crippen LogP contribution >= 0.6 is 0 Å². The van der Waals surface area contributed by atoms with Gasteiger partial charge in [0.15, 0.2) is 0 Å². The molecule has 3 rings (SSSR count). The van der Waals surface area contributed by atoms with Crippen molar-refractivity contribution >= 4 is 12.1 Å². The third-order valence-corrected chi connectivity index (χ3v) is 4.17. The number of cyclic esters (lactones) is 1.